The molecule has 0 aliphatic rings. The van der Waals surface area contributed by atoms with Crippen molar-refractivity contribution in [3.8, 4) is 11.5 Å². The van der Waals surface area contributed by atoms with Crippen molar-refractivity contribution in [1.29, 1.82) is 0 Å². The van der Waals surface area contributed by atoms with Crippen molar-refractivity contribution in [2.75, 3.05) is 7.11 Å². The lowest BCUT2D eigenvalue weighted by molar-refractivity contribution is 0.303. The van der Waals surface area contributed by atoms with Gasteiger partial charge in [-0.25, -0.2) is 4.39 Å². The third kappa shape index (κ3) is 3.39. The molecule has 2 rings (SSSR count). The number of ether oxygens (including phenoxy) is 2. The fourth-order valence-corrected chi connectivity index (χ4v) is 2.19. The maximum absolute atomic E-state index is 13.3. The summed E-state index contributed by atoms with van der Waals surface area (Å²) in [6.45, 7) is 0.196. The second-order valence-corrected chi connectivity index (χ2v) is 5.03. The quantitative estimate of drug-likeness (QED) is 0.790. The van der Waals surface area contributed by atoms with Gasteiger partial charge in [-0.2, -0.15) is 0 Å². The van der Waals surface area contributed by atoms with Gasteiger partial charge >= 0.3 is 0 Å². The lowest BCUT2D eigenvalue weighted by Gasteiger charge is -2.10. The van der Waals surface area contributed by atoms with E-state index in [2.05, 4.69) is 15.9 Å². The zero-order chi connectivity index (χ0) is 13.8. The average Bonchev–Trinajstić information content (AvgIpc) is 2.41. The van der Waals surface area contributed by atoms with Crippen molar-refractivity contribution in [2.45, 2.75) is 6.61 Å². The van der Waals surface area contributed by atoms with Gasteiger partial charge in [-0.3, -0.25) is 0 Å². The molecule has 0 amide bonds. The Morgan fingerprint density at radius 2 is 2.05 bits per heavy atom. The molecular weight excluding hydrogens is 335 g/mol. The van der Waals surface area contributed by atoms with E-state index >= 15 is 0 Å². The fraction of sp³-hybridized carbons (Fsp3) is 0.143. The molecule has 5 heteroatoms. The van der Waals surface area contributed by atoms with Crippen LogP contribution < -0.4 is 9.47 Å². The summed E-state index contributed by atoms with van der Waals surface area (Å²) in [6.07, 6.45) is 0. The molecule has 0 unspecified atom stereocenters. The maximum Gasteiger partial charge on any atom is 0.142 e. The zero-order valence-electron chi connectivity index (χ0n) is 10.1. The van der Waals surface area contributed by atoms with Gasteiger partial charge in [-0.05, 0) is 40.2 Å². The van der Waals surface area contributed by atoms with Crippen LogP contribution in [-0.4, -0.2) is 7.11 Å². The topological polar surface area (TPSA) is 18.5 Å². The first-order chi connectivity index (χ1) is 9.11. The summed E-state index contributed by atoms with van der Waals surface area (Å²) in [5, 5.41) is 0.0899. The molecule has 0 atom stereocenters. The largest absolute Gasteiger partial charge is 0.497 e. The van der Waals surface area contributed by atoms with Gasteiger partial charge in [0.15, 0.2) is 0 Å². The van der Waals surface area contributed by atoms with Crippen LogP contribution in [0.25, 0.3) is 0 Å². The molecule has 0 radical (unpaired) electrons. The Hall–Kier alpha value is -1.26. The number of hydrogen-bond donors (Lipinski definition) is 0. The average molecular weight is 346 g/mol. The predicted octanol–water partition coefficient (Wildman–Crippen LogP) is 4.83. The van der Waals surface area contributed by atoms with E-state index in [0.717, 1.165) is 10.2 Å². The maximum atomic E-state index is 13.3. The molecule has 0 aliphatic carbocycles. The van der Waals surface area contributed by atoms with Crippen LogP contribution in [0.3, 0.4) is 0 Å². The van der Waals surface area contributed by atoms with Crippen LogP contribution in [0.2, 0.25) is 5.02 Å². The minimum atomic E-state index is -0.448. The monoisotopic (exact) mass is 344 g/mol. The summed E-state index contributed by atoms with van der Waals surface area (Å²) in [6, 6.07) is 9.99. The van der Waals surface area contributed by atoms with Crippen LogP contribution >= 0.6 is 27.5 Å². The van der Waals surface area contributed by atoms with Gasteiger partial charge in [-0.1, -0.05) is 23.7 Å². The number of halogens is 3. The molecule has 19 heavy (non-hydrogen) atoms. The molecule has 0 fully saturated rings. The summed E-state index contributed by atoms with van der Waals surface area (Å²) >= 11 is 9.24. The first kappa shape index (κ1) is 14.2. The first-order valence-electron chi connectivity index (χ1n) is 5.51. The van der Waals surface area contributed by atoms with Gasteiger partial charge in [-0.15, -0.1) is 0 Å². The molecule has 2 aromatic rings. The number of methoxy groups -OCH3 is 1. The molecule has 2 nitrogen and oxygen atoms in total. The van der Waals surface area contributed by atoms with Crippen LogP contribution in [0.4, 0.5) is 4.39 Å². The third-order valence-electron chi connectivity index (χ3n) is 2.55. The van der Waals surface area contributed by atoms with Gasteiger partial charge in [0, 0.05) is 5.56 Å². The van der Waals surface area contributed by atoms with Gasteiger partial charge in [0.2, 0.25) is 0 Å². The van der Waals surface area contributed by atoms with Crippen LogP contribution in [0.5, 0.6) is 11.5 Å². The van der Waals surface area contributed by atoms with Crippen molar-refractivity contribution < 1.29 is 13.9 Å². The van der Waals surface area contributed by atoms with Gasteiger partial charge in [0.25, 0.3) is 0 Å². The molecular formula is C14H11BrClFO2. The Bertz CT molecular complexity index is 590. The minimum Gasteiger partial charge on any atom is -0.497 e. The summed E-state index contributed by atoms with van der Waals surface area (Å²) < 4.78 is 24.7. The summed E-state index contributed by atoms with van der Waals surface area (Å²) in [5.74, 6) is 0.917. The van der Waals surface area contributed by atoms with Crippen LogP contribution in [0.1, 0.15) is 5.56 Å². The highest BCUT2D eigenvalue weighted by Gasteiger charge is 2.08. The molecule has 0 heterocycles. The van der Waals surface area contributed by atoms with Gasteiger partial charge in [0.05, 0.1) is 16.6 Å². The van der Waals surface area contributed by atoms with Crippen molar-refractivity contribution in [1.82, 2.24) is 0 Å². The number of hydrogen-bond acceptors (Lipinski definition) is 2. The van der Waals surface area contributed by atoms with E-state index in [1.54, 1.807) is 37.4 Å². The molecule has 0 aromatic heterocycles. The second kappa shape index (κ2) is 6.26. The Morgan fingerprint density at radius 3 is 2.74 bits per heavy atom. The Labute approximate surface area is 124 Å². The highest BCUT2D eigenvalue weighted by atomic mass is 79.9. The highest BCUT2D eigenvalue weighted by molar-refractivity contribution is 9.10. The fourth-order valence-electron chi connectivity index (χ4n) is 1.54. The van der Waals surface area contributed by atoms with E-state index in [1.165, 1.54) is 6.07 Å². The van der Waals surface area contributed by atoms with Crippen molar-refractivity contribution >= 4 is 27.5 Å². The summed E-state index contributed by atoms with van der Waals surface area (Å²) in [5.41, 5.74) is 0.601. The van der Waals surface area contributed by atoms with Crippen LogP contribution in [-0.2, 0) is 6.61 Å². The molecule has 0 bridgehead atoms. The van der Waals surface area contributed by atoms with Crippen LogP contribution in [0.15, 0.2) is 40.9 Å². The molecule has 0 N–H and O–H groups in total. The Morgan fingerprint density at radius 1 is 1.26 bits per heavy atom. The number of rotatable bonds is 4. The van der Waals surface area contributed by atoms with Crippen molar-refractivity contribution in [3.05, 3.63) is 57.3 Å². The van der Waals surface area contributed by atoms with Crippen LogP contribution in [0, 0.1) is 5.82 Å². The second-order valence-electron chi connectivity index (χ2n) is 3.80. The lowest BCUT2D eigenvalue weighted by Crippen LogP contribution is -1.98. The first-order valence-corrected chi connectivity index (χ1v) is 6.68. The Balaban J connectivity index is 2.12. The zero-order valence-corrected chi connectivity index (χ0v) is 12.5. The summed E-state index contributed by atoms with van der Waals surface area (Å²) in [4.78, 5) is 0. The Kier molecular flexibility index (Phi) is 4.66. The minimum absolute atomic E-state index is 0.0899. The highest BCUT2D eigenvalue weighted by Crippen LogP contribution is 2.30. The van der Waals surface area contributed by atoms with E-state index in [1.807, 2.05) is 0 Å². The molecule has 100 valence electrons. The predicted molar refractivity (Wildman–Crippen MR) is 76.4 cm³/mol. The molecule has 2 aromatic carbocycles. The molecule has 0 spiro atoms. The van der Waals surface area contributed by atoms with E-state index in [0.29, 0.717) is 11.3 Å². The molecule has 0 saturated heterocycles. The lowest BCUT2D eigenvalue weighted by atomic mass is 10.2. The van der Waals surface area contributed by atoms with E-state index in [4.69, 9.17) is 21.1 Å². The van der Waals surface area contributed by atoms with E-state index in [-0.39, 0.29) is 11.6 Å². The molecule has 0 aliphatic heterocycles. The SMILES string of the molecule is COc1ccc(OCc2cccc(F)c2Cl)c(Br)c1. The third-order valence-corrected chi connectivity index (χ3v) is 3.60. The van der Waals surface area contributed by atoms with Crippen molar-refractivity contribution in [3.63, 3.8) is 0 Å². The van der Waals surface area contributed by atoms with Gasteiger partial charge < -0.3 is 9.47 Å². The van der Waals surface area contributed by atoms with Crippen molar-refractivity contribution in [2.24, 2.45) is 0 Å². The normalized spacial score (nSPS) is 10.3. The summed E-state index contributed by atoms with van der Waals surface area (Å²) in [7, 11) is 1.59. The van der Waals surface area contributed by atoms with Gasteiger partial charge in [0.1, 0.15) is 23.9 Å². The smallest absolute Gasteiger partial charge is 0.142 e. The number of benzene rings is 2. The standard InChI is InChI=1S/C14H11BrClFO2/c1-18-10-5-6-13(11(15)7-10)19-8-9-3-2-4-12(17)14(9)16/h2-7H,8H2,1H3. The van der Waals surface area contributed by atoms with E-state index in [9.17, 15) is 4.39 Å². The molecule has 0 saturated carbocycles. The van der Waals surface area contributed by atoms with E-state index < -0.39 is 5.82 Å².